The van der Waals surface area contributed by atoms with Crippen molar-refractivity contribution in [1.29, 1.82) is 0 Å². The zero-order valence-electron chi connectivity index (χ0n) is 1.73. The molecule has 4 heteroatoms. The molecule has 0 N–H and O–H groups in total. The summed E-state index contributed by atoms with van der Waals surface area (Å²) in [5, 5.41) is 0. The minimum Gasteiger partial charge on any atom is -2.00 e. The molecule has 0 heterocycles. The van der Waals surface area contributed by atoms with Crippen LogP contribution in [0.5, 0.6) is 0 Å². The summed E-state index contributed by atoms with van der Waals surface area (Å²) in [6, 6.07) is 0. The SMILES string of the molecule is [Cu].[Mg+2].[Ni].[O-2]. The number of hydrogen-bond donors (Lipinski definition) is 0. The molecule has 1 radical (unpaired) electrons. The molecule has 0 rings (SSSR count). The summed E-state index contributed by atoms with van der Waals surface area (Å²) in [6.07, 6.45) is 0. The fourth-order valence-electron chi connectivity index (χ4n) is 0. The van der Waals surface area contributed by atoms with Crippen molar-refractivity contribution >= 4 is 23.1 Å². The molecule has 0 aromatic heterocycles. The van der Waals surface area contributed by atoms with Gasteiger partial charge in [0.15, 0.2) is 0 Å². The van der Waals surface area contributed by atoms with Crippen molar-refractivity contribution in [3.05, 3.63) is 0 Å². The Hall–Kier alpha value is 1.74. The van der Waals surface area contributed by atoms with Crippen molar-refractivity contribution in [1.82, 2.24) is 0 Å². The summed E-state index contributed by atoms with van der Waals surface area (Å²) in [5.74, 6) is 0. The molecule has 0 unspecified atom stereocenters. The largest absolute Gasteiger partial charge is 2.00 e. The van der Waals surface area contributed by atoms with E-state index in [1.54, 1.807) is 0 Å². The van der Waals surface area contributed by atoms with Crippen molar-refractivity contribution < 1.29 is 39.0 Å². The molecule has 0 fully saturated rings. The molecule has 0 saturated heterocycles. The molecule has 0 saturated carbocycles. The minimum atomic E-state index is 0. The van der Waals surface area contributed by atoms with Crippen LogP contribution in [0.4, 0.5) is 0 Å². The Morgan fingerprint density at radius 3 is 1.00 bits per heavy atom. The summed E-state index contributed by atoms with van der Waals surface area (Å²) < 4.78 is 0. The van der Waals surface area contributed by atoms with Crippen LogP contribution in [0.2, 0.25) is 0 Å². The molecule has 0 bridgehead atoms. The molecule has 0 amide bonds. The molecule has 1 nitrogen and oxygen atoms in total. The minimum absolute atomic E-state index is 0. The van der Waals surface area contributed by atoms with E-state index in [-0.39, 0.29) is 62.1 Å². The van der Waals surface area contributed by atoms with Gasteiger partial charge < -0.3 is 5.48 Å². The van der Waals surface area contributed by atoms with Gasteiger partial charge in [0.1, 0.15) is 0 Å². The monoisotopic (exact) mass is 161 g/mol. The topological polar surface area (TPSA) is 28.5 Å². The first kappa shape index (κ1) is 42.6. The first-order valence-corrected chi connectivity index (χ1v) is 0. The third-order valence-corrected chi connectivity index (χ3v) is 0. The van der Waals surface area contributed by atoms with E-state index in [9.17, 15) is 0 Å². The van der Waals surface area contributed by atoms with Crippen LogP contribution in [0.25, 0.3) is 0 Å². The van der Waals surface area contributed by atoms with Gasteiger partial charge in [-0.25, -0.2) is 0 Å². The zero-order chi connectivity index (χ0) is 0. The van der Waals surface area contributed by atoms with Crippen LogP contribution in [0.1, 0.15) is 0 Å². The predicted molar refractivity (Wildman–Crippen MR) is 6.44 cm³/mol. The molecule has 0 aliphatic heterocycles. The van der Waals surface area contributed by atoms with Gasteiger partial charge in [0.2, 0.25) is 0 Å². The second-order valence-electron chi connectivity index (χ2n) is 0. The summed E-state index contributed by atoms with van der Waals surface area (Å²) in [6.45, 7) is 0. The van der Waals surface area contributed by atoms with Crippen molar-refractivity contribution in [3.63, 3.8) is 0 Å². The van der Waals surface area contributed by atoms with Gasteiger partial charge in [-0.15, -0.1) is 0 Å². The standard InChI is InChI=1S/Cu.Mg.Ni.O/q;+2;;-2. The Balaban J connectivity index is 0. The average Bonchev–Trinajstić information content (AvgIpc) is 0. The molecule has 0 atom stereocenters. The van der Waals surface area contributed by atoms with Crippen LogP contribution >= 0.6 is 0 Å². The van der Waals surface area contributed by atoms with E-state index in [1.165, 1.54) is 0 Å². The molecule has 0 spiro atoms. The molecule has 0 aliphatic rings. The fraction of sp³-hybridized carbons (Fsp3) is 0. The van der Waals surface area contributed by atoms with E-state index < -0.39 is 0 Å². The van der Waals surface area contributed by atoms with Gasteiger partial charge in [-0.2, -0.15) is 0 Å². The molecule has 4 heavy (non-hydrogen) atoms. The van der Waals surface area contributed by atoms with Gasteiger partial charge in [-0.05, 0) is 0 Å². The van der Waals surface area contributed by atoms with E-state index >= 15 is 0 Å². The van der Waals surface area contributed by atoms with E-state index in [0.29, 0.717) is 0 Å². The predicted octanol–water partition coefficient (Wildman–Crippen LogP) is -0.505. The van der Waals surface area contributed by atoms with E-state index in [0.717, 1.165) is 0 Å². The summed E-state index contributed by atoms with van der Waals surface area (Å²) in [5.41, 5.74) is 0. The summed E-state index contributed by atoms with van der Waals surface area (Å²) in [4.78, 5) is 0. The molecular formula is CuMgNiO. The maximum absolute atomic E-state index is 0. The van der Waals surface area contributed by atoms with Crippen LogP contribution in [-0.4, -0.2) is 23.1 Å². The normalized spacial score (nSPS) is 0. The molecular weight excluding hydrogens is 163 g/mol. The van der Waals surface area contributed by atoms with Crippen LogP contribution in [0.3, 0.4) is 0 Å². The Morgan fingerprint density at radius 2 is 1.00 bits per heavy atom. The maximum atomic E-state index is 0. The smallest absolute Gasteiger partial charge is 2.00 e. The van der Waals surface area contributed by atoms with Gasteiger partial charge in [-0.3, -0.25) is 0 Å². The van der Waals surface area contributed by atoms with Gasteiger partial charge in [-0.1, -0.05) is 0 Å². The van der Waals surface area contributed by atoms with Crippen LogP contribution in [0, 0.1) is 0 Å². The van der Waals surface area contributed by atoms with Crippen molar-refractivity contribution in [2.75, 3.05) is 0 Å². The van der Waals surface area contributed by atoms with Crippen LogP contribution < -0.4 is 0 Å². The van der Waals surface area contributed by atoms with Gasteiger partial charge in [0.25, 0.3) is 0 Å². The Labute approximate surface area is 61.8 Å². The average molecular weight is 163 g/mol. The first-order valence-electron chi connectivity index (χ1n) is 0. The van der Waals surface area contributed by atoms with Gasteiger partial charge in [0.05, 0.1) is 0 Å². The van der Waals surface area contributed by atoms with Crippen molar-refractivity contribution in [3.8, 4) is 0 Å². The maximum Gasteiger partial charge on any atom is 2.00 e. The van der Waals surface area contributed by atoms with Crippen molar-refractivity contribution in [2.24, 2.45) is 0 Å². The van der Waals surface area contributed by atoms with Crippen LogP contribution in [-0.2, 0) is 39.0 Å². The van der Waals surface area contributed by atoms with Gasteiger partial charge >= 0.3 is 23.1 Å². The van der Waals surface area contributed by atoms with Crippen LogP contribution in [0.15, 0.2) is 0 Å². The second-order valence-corrected chi connectivity index (χ2v) is 0. The Kier molecular flexibility index (Phi) is 233. The van der Waals surface area contributed by atoms with E-state index in [4.69, 9.17) is 0 Å². The Bertz CT molecular complexity index is 8.00. The quantitative estimate of drug-likeness (QED) is 0.430. The van der Waals surface area contributed by atoms with Crippen molar-refractivity contribution in [2.45, 2.75) is 0 Å². The molecule has 0 aliphatic carbocycles. The Morgan fingerprint density at radius 1 is 1.00 bits per heavy atom. The third-order valence-electron chi connectivity index (χ3n) is 0. The van der Waals surface area contributed by atoms with Gasteiger partial charge in [0, 0.05) is 33.6 Å². The number of hydrogen-bond acceptors (Lipinski definition) is 0. The summed E-state index contributed by atoms with van der Waals surface area (Å²) in [7, 11) is 0. The molecule has 29 valence electrons. The fourth-order valence-corrected chi connectivity index (χ4v) is 0. The summed E-state index contributed by atoms with van der Waals surface area (Å²) >= 11 is 0. The molecule has 0 aromatic rings. The number of rotatable bonds is 0. The molecule has 0 aromatic carbocycles. The van der Waals surface area contributed by atoms with E-state index in [1.807, 2.05) is 0 Å². The first-order chi connectivity index (χ1) is 0. The second kappa shape index (κ2) is 21.9. The van der Waals surface area contributed by atoms with E-state index in [2.05, 4.69) is 0 Å². The zero-order valence-corrected chi connectivity index (χ0v) is 5.08. The third kappa shape index (κ3) is 9.28.